The highest BCUT2D eigenvalue weighted by molar-refractivity contribution is 5.42. The predicted molar refractivity (Wildman–Crippen MR) is 48.5 cm³/mol. The lowest BCUT2D eigenvalue weighted by molar-refractivity contribution is 0.235. The Morgan fingerprint density at radius 3 is 2.50 bits per heavy atom. The largest absolute Gasteiger partial charge is 0.476 e. The van der Waals surface area contributed by atoms with Crippen molar-refractivity contribution in [1.82, 2.24) is 5.32 Å². The average Bonchev–Trinajstić information content (AvgIpc) is 2.55. The van der Waals surface area contributed by atoms with Crippen molar-refractivity contribution in [3.63, 3.8) is 0 Å². The fourth-order valence-corrected chi connectivity index (χ4v) is 1.31. The Labute approximate surface area is 72.6 Å². The molecule has 1 saturated heterocycles. The zero-order valence-corrected chi connectivity index (χ0v) is 7.42. The van der Waals surface area contributed by atoms with E-state index in [1.807, 2.05) is 24.3 Å². The van der Waals surface area contributed by atoms with Gasteiger partial charge in [-0.25, -0.2) is 0 Å². The molecule has 1 fully saturated rings. The van der Waals surface area contributed by atoms with Gasteiger partial charge < -0.3 is 10.1 Å². The van der Waals surface area contributed by atoms with E-state index in [-0.39, 0.29) is 5.54 Å². The molecule has 2 aliphatic rings. The first-order valence-corrected chi connectivity index (χ1v) is 4.17. The summed E-state index contributed by atoms with van der Waals surface area (Å²) in [4.78, 5) is 0. The minimum Gasteiger partial charge on any atom is -0.476 e. The van der Waals surface area contributed by atoms with Crippen LogP contribution in [-0.2, 0) is 4.74 Å². The maximum atomic E-state index is 5.52. The van der Waals surface area contributed by atoms with Crippen LogP contribution in [-0.4, -0.2) is 12.1 Å². The summed E-state index contributed by atoms with van der Waals surface area (Å²) in [6.45, 7) is 5.00. The van der Waals surface area contributed by atoms with Crippen molar-refractivity contribution in [2.24, 2.45) is 0 Å². The van der Waals surface area contributed by atoms with Gasteiger partial charge in [0.25, 0.3) is 0 Å². The Kier molecular flexibility index (Phi) is 1.50. The zero-order valence-electron chi connectivity index (χ0n) is 7.42. The van der Waals surface area contributed by atoms with Crippen LogP contribution in [0.15, 0.2) is 35.8 Å². The summed E-state index contributed by atoms with van der Waals surface area (Å²) in [5.41, 5.74) is 1.22. The minimum absolute atomic E-state index is 0.0760. The normalized spacial score (nSPS) is 24.5. The average molecular weight is 163 g/mol. The van der Waals surface area contributed by atoms with Crippen molar-refractivity contribution >= 4 is 0 Å². The number of allylic oxidation sites excluding steroid dienone is 5. The summed E-state index contributed by atoms with van der Waals surface area (Å²) >= 11 is 0. The summed E-state index contributed by atoms with van der Waals surface area (Å²) in [5, 5.41) is 3.33. The summed E-state index contributed by atoms with van der Waals surface area (Å²) in [7, 11) is 0. The van der Waals surface area contributed by atoms with Crippen molar-refractivity contribution in [1.29, 1.82) is 0 Å². The van der Waals surface area contributed by atoms with Crippen LogP contribution in [0.1, 0.15) is 13.8 Å². The zero-order chi connectivity index (χ0) is 8.60. The molecular weight excluding hydrogens is 150 g/mol. The molecule has 1 aliphatic carbocycles. The third-order valence-electron chi connectivity index (χ3n) is 1.95. The first kappa shape index (κ1) is 7.47. The van der Waals surface area contributed by atoms with Crippen LogP contribution >= 0.6 is 0 Å². The molecule has 0 radical (unpaired) electrons. The van der Waals surface area contributed by atoms with E-state index >= 15 is 0 Å². The van der Waals surface area contributed by atoms with E-state index in [0.29, 0.717) is 0 Å². The first-order valence-electron chi connectivity index (χ1n) is 4.17. The van der Waals surface area contributed by atoms with Crippen molar-refractivity contribution in [2.45, 2.75) is 19.4 Å². The fourth-order valence-electron chi connectivity index (χ4n) is 1.31. The molecule has 12 heavy (non-hydrogen) atoms. The molecule has 0 amide bonds. The summed E-state index contributed by atoms with van der Waals surface area (Å²) in [5.74, 6) is 0.907. The van der Waals surface area contributed by atoms with Crippen molar-refractivity contribution in [2.75, 3.05) is 6.61 Å². The fraction of sp³-hybridized carbons (Fsp3) is 0.400. The number of hydrogen-bond acceptors (Lipinski definition) is 2. The number of rotatable bonds is 0. The van der Waals surface area contributed by atoms with Crippen molar-refractivity contribution < 1.29 is 4.74 Å². The smallest absolute Gasteiger partial charge is 0.194 e. The predicted octanol–water partition coefficient (Wildman–Crippen LogP) is 1.72. The van der Waals surface area contributed by atoms with E-state index < -0.39 is 0 Å². The molecule has 0 bridgehead atoms. The third kappa shape index (κ3) is 1.24. The van der Waals surface area contributed by atoms with Gasteiger partial charge in [-0.2, -0.15) is 0 Å². The van der Waals surface area contributed by atoms with Crippen LogP contribution in [0.4, 0.5) is 0 Å². The standard InChI is InChI=1S/C10H13NO/c1-10(2)7-12-9(11-10)8-5-3-4-6-8/h3-6,11H,7H2,1-2H3. The van der Waals surface area contributed by atoms with Gasteiger partial charge in [0.1, 0.15) is 6.61 Å². The monoisotopic (exact) mass is 163 g/mol. The Morgan fingerprint density at radius 2 is 2.00 bits per heavy atom. The van der Waals surface area contributed by atoms with E-state index in [0.717, 1.165) is 18.1 Å². The lowest BCUT2D eigenvalue weighted by Gasteiger charge is -2.13. The van der Waals surface area contributed by atoms with Gasteiger partial charge in [-0.05, 0) is 26.0 Å². The number of ether oxygens (including phenoxy) is 1. The van der Waals surface area contributed by atoms with E-state index in [9.17, 15) is 0 Å². The molecule has 0 aromatic heterocycles. The Morgan fingerprint density at radius 1 is 1.33 bits per heavy atom. The second-order valence-corrected chi connectivity index (χ2v) is 3.80. The van der Waals surface area contributed by atoms with E-state index in [4.69, 9.17) is 4.74 Å². The molecule has 2 rings (SSSR count). The molecular formula is C10H13NO. The number of nitrogens with one attached hydrogen (secondary N) is 1. The second-order valence-electron chi connectivity index (χ2n) is 3.80. The van der Waals surface area contributed by atoms with Crippen LogP contribution in [0.2, 0.25) is 0 Å². The van der Waals surface area contributed by atoms with Gasteiger partial charge in [0.15, 0.2) is 5.88 Å². The first-order chi connectivity index (χ1) is 5.67. The molecule has 0 spiro atoms. The molecule has 0 unspecified atom stereocenters. The Bertz CT molecular complexity index is 270. The summed E-state index contributed by atoms with van der Waals surface area (Å²) in [6, 6.07) is 0. The molecule has 2 heteroatoms. The van der Waals surface area contributed by atoms with Gasteiger partial charge >= 0.3 is 0 Å². The molecule has 1 aliphatic heterocycles. The van der Waals surface area contributed by atoms with Gasteiger partial charge in [0.05, 0.1) is 5.54 Å². The Hall–Kier alpha value is -1.18. The van der Waals surface area contributed by atoms with Crippen LogP contribution < -0.4 is 5.32 Å². The van der Waals surface area contributed by atoms with E-state index in [1.54, 1.807) is 0 Å². The third-order valence-corrected chi connectivity index (χ3v) is 1.95. The molecule has 1 heterocycles. The number of hydrogen-bond donors (Lipinski definition) is 1. The molecule has 0 atom stereocenters. The topological polar surface area (TPSA) is 21.3 Å². The SMILES string of the molecule is CC1(C)COC(=C2C=CC=C2)N1. The van der Waals surface area contributed by atoms with Crippen molar-refractivity contribution in [3.8, 4) is 0 Å². The Balaban J connectivity index is 2.23. The maximum absolute atomic E-state index is 5.52. The van der Waals surface area contributed by atoms with Gasteiger partial charge in [0.2, 0.25) is 0 Å². The lowest BCUT2D eigenvalue weighted by Crippen LogP contribution is -2.34. The highest BCUT2D eigenvalue weighted by Crippen LogP contribution is 2.22. The van der Waals surface area contributed by atoms with Gasteiger partial charge in [0, 0.05) is 5.57 Å². The maximum Gasteiger partial charge on any atom is 0.194 e. The molecule has 0 saturated carbocycles. The van der Waals surface area contributed by atoms with Crippen LogP contribution in [0.5, 0.6) is 0 Å². The van der Waals surface area contributed by atoms with Gasteiger partial charge in [-0.3, -0.25) is 0 Å². The highest BCUT2D eigenvalue weighted by Gasteiger charge is 2.28. The molecule has 64 valence electrons. The second kappa shape index (κ2) is 2.41. The molecule has 0 aromatic carbocycles. The summed E-state index contributed by atoms with van der Waals surface area (Å²) in [6.07, 6.45) is 8.12. The van der Waals surface area contributed by atoms with Gasteiger partial charge in [-0.1, -0.05) is 12.2 Å². The van der Waals surface area contributed by atoms with Crippen LogP contribution in [0.25, 0.3) is 0 Å². The molecule has 1 N–H and O–H groups in total. The minimum atomic E-state index is 0.0760. The quantitative estimate of drug-likeness (QED) is 0.587. The van der Waals surface area contributed by atoms with Crippen molar-refractivity contribution in [3.05, 3.63) is 35.8 Å². The molecule has 2 nitrogen and oxygen atoms in total. The van der Waals surface area contributed by atoms with Gasteiger partial charge in [-0.15, -0.1) is 0 Å². The van der Waals surface area contributed by atoms with Crippen LogP contribution in [0, 0.1) is 0 Å². The van der Waals surface area contributed by atoms with E-state index in [2.05, 4.69) is 19.2 Å². The summed E-state index contributed by atoms with van der Waals surface area (Å²) < 4.78 is 5.52. The highest BCUT2D eigenvalue weighted by atomic mass is 16.5. The lowest BCUT2D eigenvalue weighted by atomic mass is 10.1. The molecule has 0 aromatic rings. The van der Waals surface area contributed by atoms with E-state index in [1.165, 1.54) is 0 Å². The van der Waals surface area contributed by atoms with Crippen LogP contribution in [0.3, 0.4) is 0 Å².